The molecule has 0 aliphatic heterocycles. The van der Waals surface area contributed by atoms with Gasteiger partial charge in [0.15, 0.2) is 0 Å². The number of carbonyl (C=O) groups is 1. The molecule has 0 unspecified atom stereocenters. The molecule has 0 saturated heterocycles. The molecule has 7 nitrogen and oxygen atoms in total. The molecule has 0 radical (unpaired) electrons. The standard InChI is InChI=1S/C16H15N5O2S/c1-10-3-5-12(6-4-10)9-21-14(22)8-7-13(20-21)15(23)17-16-19-18-11(2)24-16/h3-8H,9H2,1-2H3,(H,17,19,23). The molecule has 2 aromatic heterocycles. The van der Waals surface area contributed by atoms with E-state index >= 15 is 0 Å². The molecular formula is C16H15N5O2S. The van der Waals surface area contributed by atoms with Crippen molar-refractivity contribution in [2.24, 2.45) is 0 Å². The Hall–Kier alpha value is -2.87. The number of benzene rings is 1. The van der Waals surface area contributed by atoms with Crippen molar-refractivity contribution in [2.45, 2.75) is 20.4 Å². The van der Waals surface area contributed by atoms with Crippen molar-refractivity contribution >= 4 is 22.4 Å². The SMILES string of the molecule is Cc1ccc(Cn2nc(C(=O)Nc3nnc(C)s3)ccc2=O)cc1. The van der Waals surface area contributed by atoms with Gasteiger partial charge in [-0.2, -0.15) is 5.10 Å². The minimum absolute atomic E-state index is 0.148. The van der Waals surface area contributed by atoms with E-state index in [1.54, 1.807) is 6.92 Å². The molecule has 0 spiro atoms. The number of carbonyl (C=O) groups excluding carboxylic acids is 1. The maximum absolute atomic E-state index is 12.2. The Bertz CT molecular complexity index is 930. The molecule has 3 rings (SSSR count). The highest BCUT2D eigenvalue weighted by Crippen LogP contribution is 2.14. The second kappa shape index (κ2) is 6.71. The minimum Gasteiger partial charge on any atom is -0.295 e. The van der Waals surface area contributed by atoms with E-state index in [1.165, 1.54) is 28.2 Å². The van der Waals surface area contributed by atoms with Gasteiger partial charge in [-0.3, -0.25) is 14.9 Å². The van der Waals surface area contributed by atoms with Crippen molar-refractivity contribution in [3.8, 4) is 0 Å². The lowest BCUT2D eigenvalue weighted by Gasteiger charge is -2.07. The summed E-state index contributed by atoms with van der Waals surface area (Å²) in [5.41, 5.74) is 1.96. The van der Waals surface area contributed by atoms with Gasteiger partial charge in [0.05, 0.1) is 6.54 Å². The fraction of sp³-hybridized carbons (Fsp3) is 0.188. The Labute approximate surface area is 142 Å². The summed E-state index contributed by atoms with van der Waals surface area (Å²) >= 11 is 1.27. The third-order valence-corrected chi connectivity index (χ3v) is 4.05. The topological polar surface area (TPSA) is 89.8 Å². The Morgan fingerprint density at radius 1 is 1.12 bits per heavy atom. The van der Waals surface area contributed by atoms with Crippen LogP contribution in [0.2, 0.25) is 0 Å². The molecule has 1 aromatic carbocycles. The van der Waals surface area contributed by atoms with Crippen LogP contribution in [-0.4, -0.2) is 25.9 Å². The lowest BCUT2D eigenvalue weighted by atomic mass is 10.1. The molecule has 1 amide bonds. The molecule has 122 valence electrons. The summed E-state index contributed by atoms with van der Waals surface area (Å²) in [5, 5.41) is 15.6. The number of aryl methyl sites for hydroxylation is 2. The molecule has 0 aliphatic carbocycles. The quantitative estimate of drug-likeness (QED) is 0.784. The number of anilines is 1. The van der Waals surface area contributed by atoms with Crippen LogP contribution in [0.3, 0.4) is 0 Å². The average Bonchev–Trinajstić information content (AvgIpc) is 2.96. The predicted molar refractivity (Wildman–Crippen MR) is 91.4 cm³/mol. The number of nitrogens with one attached hydrogen (secondary N) is 1. The highest BCUT2D eigenvalue weighted by molar-refractivity contribution is 7.15. The molecule has 24 heavy (non-hydrogen) atoms. The largest absolute Gasteiger partial charge is 0.295 e. The second-order valence-electron chi connectivity index (χ2n) is 5.28. The summed E-state index contributed by atoms with van der Waals surface area (Å²) < 4.78 is 1.27. The zero-order valence-electron chi connectivity index (χ0n) is 13.2. The fourth-order valence-corrected chi connectivity index (χ4v) is 2.64. The van der Waals surface area contributed by atoms with Crippen LogP contribution >= 0.6 is 11.3 Å². The van der Waals surface area contributed by atoms with Crippen LogP contribution in [0, 0.1) is 13.8 Å². The van der Waals surface area contributed by atoms with Gasteiger partial charge in [0, 0.05) is 6.07 Å². The van der Waals surface area contributed by atoms with Gasteiger partial charge in [0.1, 0.15) is 10.7 Å². The summed E-state index contributed by atoms with van der Waals surface area (Å²) in [6.45, 7) is 4.10. The van der Waals surface area contributed by atoms with E-state index in [1.807, 2.05) is 31.2 Å². The molecule has 3 aromatic rings. The van der Waals surface area contributed by atoms with Crippen molar-refractivity contribution in [3.05, 3.63) is 68.6 Å². The predicted octanol–water partition coefficient (Wildman–Crippen LogP) is 2.01. The smallest absolute Gasteiger partial charge is 0.277 e. The van der Waals surface area contributed by atoms with Crippen LogP contribution in [0.25, 0.3) is 0 Å². The van der Waals surface area contributed by atoms with Gasteiger partial charge in [-0.15, -0.1) is 10.2 Å². The molecule has 1 N–H and O–H groups in total. The minimum atomic E-state index is -0.427. The van der Waals surface area contributed by atoms with Gasteiger partial charge >= 0.3 is 0 Å². The summed E-state index contributed by atoms with van der Waals surface area (Å²) in [7, 11) is 0. The number of aromatic nitrogens is 4. The summed E-state index contributed by atoms with van der Waals surface area (Å²) in [6.07, 6.45) is 0. The Morgan fingerprint density at radius 2 is 1.88 bits per heavy atom. The van der Waals surface area contributed by atoms with Crippen molar-refractivity contribution in [1.29, 1.82) is 0 Å². The monoisotopic (exact) mass is 341 g/mol. The average molecular weight is 341 g/mol. The maximum Gasteiger partial charge on any atom is 0.277 e. The van der Waals surface area contributed by atoms with Gasteiger partial charge in [-0.1, -0.05) is 41.2 Å². The summed E-state index contributed by atoms with van der Waals surface area (Å²) in [4.78, 5) is 24.2. The van der Waals surface area contributed by atoms with Crippen molar-refractivity contribution in [3.63, 3.8) is 0 Å². The molecule has 0 aliphatic rings. The van der Waals surface area contributed by atoms with Crippen LogP contribution in [0.1, 0.15) is 26.6 Å². The normalized spacial score (nSPS) is 10.6. The van der Waals surface area contributed by atoms with Gasteiger partial charge in [0.25, 0.3) is 11.5 Å². The Balaban J connectivity index is 1.81. The van der Waals surface area contributed by atoms with Crippen LogP contribution in [0.4, 0.5) is 5.13 Å². The van der Waals surface area contributed by atoms with E-state index in [9.17, 15) is 9.59 Å². The Kier molecular flexibility index (Phi) is 4.48. The number of nitrogens with zero attached hydrogens (tertiary/aromatic N) is 4. The van der Waals surface area contributed by atoms with E-state index in [4.69, 9.17) is 0 Å². The third-order valence-electron chi connectivity index (χ3n) is 3.30. The van der Waals surface area contributed by atoms with Crippen LogP contribution in [0.15, 0.2) is 41.2 Å². The third kappa shape index (κ3) is 3.72. The lowest BCUT2D eigenvalue weighted by molar-refractivity contribution is 0.102. The number of amides is 1. The zero-order valence-corrected chi connectivity index (χ0v) is 14.0. The van der Waals surface area contributed by atoms with Crippen LogP contribution in [-0.2, 0) is 6.54 Å². The van der Waals surface area contributed by atoms with E-state index in [0.29, 0.717) is 11.7 Å². The molecule has 8 heteroatoms. The summed E-state index contributed by atoms with van der Waals surface area (Å²) in [5.74, 6) is -0.427. The van der Waals surface area contributed by atoms with E-state index < -0.39 is 5.91 Å². The van der Waals surface area contributed by atoms with Gasteiger partial charge in [0.2, 0.25) is 5.13 Å². The molecule has 0 saturated carbocycles. The fourth-order valence-electron chi connectivity index (χ4n) is 2.06. The molecule has 2 heterocycles. The summed E-state index contributed by atoms with van der Waals surface area (Å²) in [6, 6.07) is 10.5. The first-order valence-electron chi connectivity index (χ1n) is 7.26. The molecule has 0 fully saturated rings. The van der Waals surface area contributed by atoms with Gasteiger partial charge in [-0.25, -0.2) is 4.68 Å². The molecule has 0 bridgehead atoms. The highest BCUT2D eigenvalue weighted by Gasteiger charge is 2.12. The van der Waals surface area contributed by atoms with Crippen molar-refractivity contribution in [2.75, 3.05) is 5.32 Å². The van der Waals surface area contributed by atoms with E-state index in [2.05, 4.69) is 20.6 Å². The van der Waals surface area contributed by atoms with Crippen LogP contribution < -0.4 is 10.9 Å². The van der Waals surface area contributed by atoms with Gasteiger partial charge in [-0.05, 0) is 25.5 Å². The van der Waals surface area contributed by atoms with Crippen LogP contribution in [0.5, 0.6) is 0 Å². The van der Waals surface area contributed by atoms with E-state index in [-0.39, 0.29) is 11.3 Å². The number of rotatable bonds is 4. The molecular weight excluding hydrogens is 326 g/mol. The first-order chi connectivity index (χ1) is 11.5. The van der Waals surface area contributed by atoms with Crippen molar-refractivity contribution in [1.82, 2.24) is 20.0 Å². The number of hydrogen-bond donors (Lipinski definition) is 1. The first kappa shape index (κ1) is 16.0. The van der Waals surface area contributed by atoms with Crippen molar-refractivity contribution < 1.29 is 4.79 Å². The highest BCUT2D eigenvalue weighted by atomic mass is 32.1. The lowest BCUT2D eigenvalue weighted by Crippen LogP contribution is -2.26. The first-order valence-corrected chi connectivity index (χ1v) is 8.08. The second-order valence-corrected chi connectivity index (χ2v) is 6.46. The number of hydrogen-bond acceptors (Lipinski definition) is 6. The Morgan fingerprint density at radius 3 is 2.54 bits per heavy atom. The maximum atomic E-state index is 12.2. The zero-order chi connectivity index (χ0) is 17.1. The van der Waals surface area contributed by atoms with Gasteiger partial charge < -0.3 is 0 Å². The van der Waals surface area contributed by atoms with E-state index in [0.717, 1.165) is 16.1 Å². The molecule has 0 atom stereocenters.